The summed E-state index contributed by atoms with van der Waals surface area (Å²) in [6.07, 6.45) is 0. The Labute approximate surface area is 308 Å². The third kappa shape index (κ3) is 4.33. The fraction of sp³-hybridized carbons (Fsp3) is 0.0588. The van der Waals surface area contributed by atoms with Crippen LogP contribution in [0.4, 0.5) is 0 Å². The molecule has 1 aliphatic carbocycles. The normalized spacial score (nSPS) is 13.2. The fourth-order valence-electron chi connectivity index (χ4n) is 9.22. The van der Waals surface area contributed by atoms with Gasteiger partial charge in [-0.15, -0.1) is 0 Å². The third-order valence-corrected chi connectivity index (χ3v) is 11.7. The van der Waals surface area contributed by atoms with E-state index in [0.29, 0.717) is 0 Å². The molecule has 0 aliphatic heterocycles. The van der Waals surface area contributed by atoms with Gasteiger partial charge in [-0.2, -0.15) is 0 Å². The van der Waals surface area contributed by atoms with Crippen molar-refractivity contribution < 1.29 is 0 Å². The molecular weight excluding hydrogens is 641 g/mol. The Balaban J connectivity index is 1.18. The summed E-state index contributed by atoms with van der Waals surface area (Å²) >= 11 is 0. The molecule has 2 heterocycles. The zero-order valence-corrected chi connectivity index (χ0v) is 29.7. The molecule has 2 nitrogen and oxygen atoms in total. The van der Waals surface area contributed by atoms with E-state index >= 15 is 0 Å². The lowest BCUT2D eigenvalue weighted by atomic mass is 9.82. The first-order valence-corrected chi connectivity index (χ1v) is 18.5. The summed E-state index contributed by atoms with van der Waals surface area (Å²) in [6.45, 7) is 4.75. The average Bonchev–Trinajstić information content (AvgIpc) is 3.81. The van der Waals surface area contributed by atoms with E-state index in [0.717, 1.165) is 0 Å². The highest BCUT2D eigenvalue weighted by atomic mass is 15.0. The Hall–Kier alpha value is -6.64. The van der Waals surface area contributed by atoms with E-state index < -0.39 is 0 Å². The second kappa shape index (κ2) is 11.2. The van der Waals surface area contributed by atoms with Crippen LogP contribution in [-0.2, 0) is 5.41 Å². The molecule has 53 heavy (non-hydrogen) atoms. The molecule has 10 aromatic rings. The summed E-state index contributed by atoms with van der Waals surface area (Å²) in [4.78, 5) is 0. The Kier molecular flexibility index (Phi) is 6.33. The molecule has 2 heteroatoms. The smallest absolute Gasteiger partial charge is 0.0547 e. The molecule has 0 N–H and O–H groups in total. The van der Waals surface area contributed by atoms with Crippen LogP contribution >= 0.6 is 0 Å². The minimum Gasteiger partial charge on any atom is -0.309 e. The lowest BCUT2D eigenvalue weighted by Crippen LogP contribution is -2.14. The first-order chi connectivity index (χ1) is 26.1. The average molecular weight is 677 g/mol. The van der Waals surface area contributed by atoms with Crippen molar-refractivity contribution in [3.8, 4) is 44.8 Å². The Morgan fingerprint density at radius 2 is 0.925 bits per heavy atom. The third-order valence-electron chi connectivity index (χ3n) is 11.7. The van der Waals surface area contributed by atoms with E-state index in [4.69, 9.17) is 0 Å². The van der Waals surface area contributed by atoms with Crippen molar-refractivity contribution in [1.29, 1.82) is 0 Å². The van der Waals surface area contributed by atoms with Crippen LogP contribution in [0.3, 0.4) is 0 Å². The lowest BCUT2D eigenvalue weighted by Gasteiger charge is -2.21. The highest BCUT2D eigenvalue weighted by Crippen LogP contribution is 2.53. The predicted octanol–water partition coefficient (Wildman–Crippen LogP) is 13.5. The van der Waals surface area contributed by atoms with Gasteiger partial charge in [-0.3, -0.25) is 0 Å². The van der Waals surface area contributed by atoms with Crippen molar-refractivity contribution in [2.45, 2.75) is 19.3 Å². The van der Waals surface area contributed by atoms with Gasteiger partial charge >= 0.3 is 0 Å². The SMILES string of the molecule is CC1(C)c2ccccc2-c2c1ccc1c2c2cc(-c3ccc4c(c3)c3ccccc3n4-c3ccccc3)ccc2n1-c1cccc(-c2ccccc2)c1. The summed E-state index contributed by atoms with van der Waals surface area (Å²) in [5.41, 5.74) is 17.5. The summed E-state index contributed by atoms with van der Waals surface area (Å²) < 4.78 is 4.86. The second-order valence-corrected chi connectivity index (χ2v) is 15.0. The number of hydrogen-bond acceptors (Lipinski definition) is 0. The van der Waals surface area contributed by atoms with Gasteiger partial charge in [0.15, 0.2) is 0 Å². The molecule has 1 aliphatic rings. The minimum atomic E-state index is -0.0859. The van der Waals surface area contributed by atoms with Crippen LogP contribution in [0.5, 0.6) is 0 Å². The second-order valence-electron chi connectivity index (χ2n) is 15.0. The highest BCUT2D eigenvalue weighted by Gasteiger charge is 2.37. The van der Waals surface area contributed by atoms with E-state index in [2.05, 4.69) is 205 Å². The Morgan fingerprint density at radius 3 is 1.74 bits per heavy atom. The maximum atomic E-state index is 2.48. The van der Waals surface area contributed by atoms with E-state index in [1.165, 1.54) is 99.5 Å². The van der Waals surface area contributed by atoms with Gasteiger partial charge in [0.25, 0.3) is 0 Å². The van der Waals surface area contributed by atoms with Crippen molar-refractivity contribution in [2.24, 2.45) is 0 Å². The van der Waals surface area contributed by atoms with E-state index in [9.17, 15) is 0 Å². The van der Waals surface area contributed by atoms with Gasteiger partial charge in [-0.05, 0) is 105 Å². The molecule has 0 spiro atoms. The van der Waals surface area contributed by atoms with Gasteiger partial charge in [0.1, 0.15) is 0 Å². The lowest BCUT2D eigenvalue weighted by molar-refractivity contribution is 0.661. The molecule has 8 aromatic carbocycles. The number of nitrogens with zero attached hydrogens (tertiary/aromatic N) is 2. The van der Waals surface area contributed by atoms with Crippen LogP contribution in [0.1, 0.15) is 25.0 Å². The zero-order valence-electron chi connectivity index (χ0n) is 29.7. The van der Waals surface area contributed by atoms with Crippen LogP contribution in [-0.4, -0.2) is 9.13 Å². The maximum Gasteiger partial charge on any atom is 0.0547 e. The van der Waals surface area contributed by atoms with Gasteiger partial charge in [0, 0.05) is 38.3 Å². The summed E-state index contributed by atoms with van der Waals surface area (Å²) in [6, 6.07) is 67.0. The first-order valence-electron chi connectivity index (χ1n) is 18.5. The van der Waals surface area contributed by atoms with Crippen molar-refractivity contribution >= 4 is 43.6 Å². The molecule has 0 unspecified atom stereocenters. The molecule has 0 amide bonds. The van der Waals surface area contributed by atoms with E-state index in [1.54, 1.807) is 0 Å². The molecule has 0 fully saturated rings. The summed E-state index contributed by atoms with van der Waals surface area (Å²) in [5.74, 6) is 0. The molecule has 2 aromatic heterocycles. The number of para-hydroxylation sites is 2. The van der Waals surface area contributed by atoms with Gasteiger partial charge in [-0.25, -0.2) is 0 Å². The largest absolute Gasteiger partial charge is 0.309 e. The molecule has 0 atom stereocenters. The topological polar surface area (TPSA) is 9.86 Å². The van der Waals surface area contributed by atoms with Gasteiger partial charge in [-0.1, -0.05) is 135 Å². The standard InChI is InChI=1S/C51H36N2/c1-51(2)43-22-11-9-21-40(43)49-44(51)26-29-48-50(49)42-32-36(25-28-47(42)53(48)38-19-13-16-34(30-38)33-14-5-3-6-15-33)35-24-27-46-41(31-35)39-20-10-12-23-45(39)52(46)37-17-7-4-8-18-37/h3-32H,1-2H3. The molecule has 0 saturated carbocycles. The Morgan fingerprint density at radius 1 is 0.358 bits per heavy atom. The van der Waals surface area contributed by atoms with E-state index in [-0.39, 0.29) is 5.41 Å². The van der Waals surface area contributed by atoms with Crippen LogP contribution in [0.15, 0.2) is 182 Å². The van der Waals surface area contributed by atoms with Gasteiger partial charge in [0.05, 0.1) is 22.1 Å². The maximum absolute atomic E-state index is 2.48. The monoisotopic (exact) mass is 676 g/mol. The number of rotatable bonds is 4. The number of hydrogen-bond donors (Lipinski definition) is 0. The fourth-order valence-corrected chi connectivity index (χ4v) is 9.22. The van der Waals surface area contributed by atoms with E-state index in [1.807, 2.05) is 0 Å². The highest BCUT2D eigenvalue weighted by molar-refractivity contribution is 6.19. The molecule has 11 rings (SSSR count). The van der Waals surface area contributed by atoms with Crippen molar-refractivity contribution in [2.75, 3.05) is 0 Å². The number of benzene rings is 8. The minimum absolute atomic E-state index is 0.0859. The zero-order chi connectivity index (χ0) is 35.3. The van der Waals surface area contributed by atoms with Crippen LogP contribution < -0.4 is 0 Å². The number of aromatic nitrogens is 2. The quantitative estimate of drug-likeness (QED) is 0.176. The van der Waals surface area contributed by atoms with Crippen LogP contribution in [0.25, 0.3) is 88.4 Å². The van der Waals surface area contributed by atoms with Crippen molar-refractivity contribution in [3.63, 3.8) is 0 Å². The molecular formula is C51H36N2. The molecule has 250 valence electrons. The van der Waals surface area contributed by atoms with Gasteiger partial charge < -0.3 is 9.13 Å². The van der Waals surface area contributed by atoms with Crippen LogP contribution in [0, 0.1) is 0 Å². The number of fused-ring (bicyclic) bond motifs is 10. The van der Waals surface area contributed by atoms with Crippen LogP contribution in [0.2, 0.25) is 0 Å². The summed E-state index contributed by atoms with van der Waals surface area (Å²) in [7, 11) is 0. The summed E-state index contributed by atoms with van der Waals surface area (Å²) in [5, 5.41) is 5.13. The van der Waals surface area contributed by atoms with Crippen molar-refractivity contribution in [1.82, 2.24) is 9.13 Å². The molecule has 0 radical (unpaired) electrons. The van der Waals surface area contributed by atoms with Gasteiger partial charge in [0.2, 0.25) is 0 Å². The Bertz CT molecular complexity index is 3070. The molecule has 0 bridgehead atoms. The van der Waals surface area contributed by atoms with Crippen molar-refractivity contribution in [3.05, 3.63) is 193 Å². The first kappa shape index (κ1) is 30.0. The molecule has 0 saturated heterocycles. The predicted molar refractivity (Wildman–Crippen MR) is 224 cm³/mol.